The summed E-state index contributed by atoms with van der Waals surface area (Å²) in [6.07, 6.45) is 2.22. The third-order valence-electron chi connectivity index (χ3n) is 4.25. The van der Waals surface area contributed by atoms with Gasteiger partial charge in [0, 0.05) is 6.07 Å². The molecule has 0 fully saturated rings. The average Bonchev–Trinajstić information content (AvgIpc) is 3.03. The normalized spacial score (nSPS) is 12.5. The zero-order valence-corrected chi connectivity index (χ0v) is 14.5. The van der Waals surface area contributed by atoms with Crippen LogP contribution < -0.4 is 5.32 Å². The summed E-state index contributed by atoms with van der Waals surface area (Å²) in [7, 11) is 0. The van der Waals surface area contributed by atoms with Crippen molar-refractivity contribution in [1.82, 2.24) is 14.6 Å². The van der Waals surface area contributed by atoms with Crippen molar-refractivity contribution in [3.63, 3.8) is 0 Å². The molecule has 0 spiro atoms. The minimum Gasteiger partial charge on any atom is -0.360 e. The van der Waals surface area contributed by atoms with Gasteiger partial charge in [-0.25, -0.2) is 4.98 Å². The zero-order valence-electron chi connectivity index (χ0n) is 14.5. The number of nitro groups is 1. The number of hydrogen-bond acceptors (Lipinski definition) is 5. The maximum Gasteiger partial charge on any atom is 0.368 e. The summed E-state index contributed by atoms with van der Waals surface area (Å²) in [4.78, 5) is 14.6. The van der Waals surface area contributed by atoms with Gasteiger partial charge in [-0.2, -0.15) is 0 Å². The standard InChI is InChI=1S/C18H21N5O2/c1-4-13-5-7-14(8-6-13)18(12(2)3)20-15-9-10-16-19-11-17(23(24)25)22(16)21-15/h5-12,18H,4H2,1-3H3,(H,20,21). The Bertz CT molecular complexity index is 886. The molecule has 130 valence electrons. The van der Waals surface area contributed by atoms with E-state index in [9.17, 15) is 10.1 Å². The second-order valence-corrected chi connectivity index (χ2v) is 6.32. The van der Waals surface area contributed by atoms with Crippen LogP contribution in [-0.4, -0.2) is 19.5 Å². The first-order valence-electron chi connectivity index (χ1n) is 8.34. The van der Waals surface area contributed by atoms with Gasteiger partial charge < -0.3 is 15.4 Å². The molecule has 7 heteroatoms. The van der Waals surface area contributed by atoms with Gasteiger partial charge in [-0.05, 0) is 34.5 Å². The molecule has 0 saturated heterocycles. The van der Waals surface area contributed by atoms with E-state index in [2.05, 4.69) is 60.4 Å². The van der Waals surface area contributed by atoms with Crippen LogP contribution in [0.4, 0.5) is 11.6 Å². The summed E-state index contributed by atoms with van der Waals surface area (Å²) < 4.78 is 1.25. The van der Waals surface area contributed by atoms with E-state index in [1.807, 2.05) is 0 Å². The maximum atomic E-state index is 11.1. The fourth-order valence-electron chi connectivity index (χ4n) is 2.82. The number of aromatic nitrogens is 3. The summed E-state index contributed by atoms with van der Waals surface area (Å²) in [5, 5.41) is 18.8. The van der Waals surface area contributed by atoms with Gasteiger partial charge in [0.2, 0.25) is 5.65 Å². The van der Waals surface area contributed by atoms with Crippen molar-refractivity contribution in [2.75, 3.05) is 5.32 Å². The minimum absolute atomic E-state index is 0.0541. The van der Waals surface area contributed by atoms with Crippen LogP contribution in [0.2, 0.25) is 0 Å². The Balaban J connectivity index is 1.92. The Hall–Kier alpha value is -2.96. The topological polar surface area (TPSA) is 85.4 Å². The van der Waals surface area contributed by atoms with Gasteiger partial charge in [0.1, 0.15) is 6.20 Å². The fourth-order valence-corrected chi connectivity index (χ4v) is 2.82. The van der Waals surface area contributed by atoms with Crippen LogP contribution in [0.1, 0.15) is 37.9 Å². The molecule has 2 aromatic heterocycles. The van der Waals surface area contributed by atoms with Gasteiger partial charge in [-0.3, -0.25) is 0 Å². The zero-order chi connectivity index (χ0) is 18.0. The molecule has 0 radical (unpaired) electrons. The molecule has 1 N–H and O–H groups in total. The van der Waals surface area contributed by atoms with Crippen molar-refractivity contribution in [2.45, 2.75) is 33.2 Å². The molecule has 3 aromatic rings. The third kappa shape index (κ3) is 3.45. The lowest BCUT2D eigenvalue weighted by Gasteiger charge is -2.23. The molecule has 25 heavy (non-hydrogen) atoms. The lowest BCUT2D eigenvalue weighted by atomic mass is 9.95. The van der Waals surface area contributed by atoms with Gasteiger partial charge in [-0.1, -0.05) is 54.7 Å². The SMILES string of the molecule is CCc1ccc(C(Nc2ccc3ncc([N+](=O)[O-])n3n2)C(C)C)cc1. The van der Waals surface area contributed by atoms with Crippen LogP contribution >= 0.6 is 0 Å². The third-order valence-corrected chi connectivity index (χ3v) is 4.25. The van der Waals surface area contributed by atoms with E-state index in [1.165, 1.54) is 16.3 Å². The van der Waals surface area contributed by atoms with Crippen molar-refractivity contribution in [3.8, 4) is 0 Å². The van der Waals surface area contributed by atoms with Crippen molar-refractivity contribution in [1.29, 1.82) is 0 Å². The van der Waals surface area contributed by atoms with Crippen LogP contribution in [0.15, 0.2) is 42.6 Å². The van der Waals surface area contributed by atoms with Crippen LogP contribution in [0.3, 0.4) is 0 Å². The first kappa shape index (κ1) is 16.9. The highest BCUT2D eigenvalue weighted by Gasteiger charge is 2.20. The summed E-state index contributed by atoms with van der Waals surface area (Å²) in [5.41, 5.74) is 2.90. The Morgan fingerprint density at radius 2 is 1.92 bits per heavy atom. The summed E-state index contributed by atoms with van der Waals surface area (Å²) >= 11 is 0. The van der Waals surface area contributed by atoms with Gasteiger partial charge in [-0.15, -0.1) is 0 Å². The van der Waals surface area contributed by atoms with Crippen LogP contribution in [0, 0.1) is 16.0 Å². The highest BCUT2D eigenvalue weighted by Crippen LogP contribution is 2.26. The monoisotopic (exact) mass is 339 g/mol. The summed E-state index contributed by atoms with van der Waals surface area (Å²) in [6.45, 7) is 6.39. The van der Waals surface area contributed by atoms with Crippen molar-refractivity contribution >= 4 is 17.3 Å². The molecule has 0 aliphatic heterocycles. The number of nitrogens with one attached hydrogen (secondary N) is 1. The van der Waals surface area contributed by atoms with Gasteiger partial charge >= 0.3 is 5.82 Å². The van der Waals surface area contributed by atoms with Gasteiger partial charge in [0.05, 0.1) is 6.04 Å². The van der Waals surface area contributed by atoms with Crippen LogP contribution in [0.5, 0.6) is 0 Å². The number of nitrogens with zero attached hydrogens (tertiary/aromatic N) is 4. The number of imidazole rings is 1. The molecule has 2 heterocycles. The molecule has 0 aliphatic rings. The van der Waals surface area contributed by atoms with E-state index >= 15 is 0 Å². The molecule has 1 atom stereocenters. The number of rotatable bonds is 6. The van der Waals surface area contributed by atoms with Gasteiger partial charge in [0.25, 0.3) is 0 Å². The average molecular weight is 339 g/mol. The highest BCUT2D eigenvalue weighted by atomic mass is 16.6. The van der Waals surface area contributed by atoms with Crippen LogP contribution in [-0.2, 0) is 6.42 Å². The number of benzene rings is 1. The van der Waals surface area contributed by atoms with E-state index in [0.717, 1.165) is 12.0 Å². The predicted octanol–water partition coefficient (Wildman–Crippen LogP) is 4.01. The fraction of sp³-hybridized carbons (Fsp3) is 0.333. The molecule has 7 nitrogen and oxygen atoms in total. The smallest absolute Gasteiger partial charge is 0.360 e. The largest absolute Gasteiger partial charge is 0.368 e. The van der Waals surface area contributed by atoms with Crippen molar-refractivity contribution < 1.29 is 4.92 Å². The van der Waals surface area contributed by atoms with E-state index < -0.39 is 4.92 Å². The van der Waals surface area contributed by atoms with E-state index in [0.29, 0.717) is 17.4 Å². The van der Waals surface area contributed by atoms with E-state index in [4.69, 9.17) is 0 Å². The second-order valence-electron chi connectivity index (χ2n) is 6.32. The lowest BCUT2D eigenvalue weighted by molar-refractivity contribution is -0.391. The molecule has 3 rings (SSSR count). The van der Waals surface area contributed by atoms with E-state index in [-0.39, 0.29) is 11.9 Å². The molecule has 1 aromatic carbocycles. The molecular formula is C18H21N5O2. The Morgan fingerprint density at radius 3 is 2.52 bits per heavy atom. The van der Waals surface area contributed by atoms with Crippen molar-refractivity contribution in [2.24, 2.45) is 5.92 Å². The molecular weight excluding hydrogens is 318 g/mol. The molecule has 0 amide bonds. The van der Waals surface area contributed by atoms with Gasteiger partial charge in [0.15, 0.2) is 5.82 Å². The number of aryl methyl sites for hydroxylation is 1. The first-order chi connectivity index (χ1) is 12.0. The summed E-state index contributed by atoms with van der Waals surface area (Å²) in [6, 6.07) is 12.1. The summed E-state index contributed by atoms with van der Waals surface area (Å²) in [5.74, 6) is 0.752. The number of anilines is 1. The first-order valence-corrected chi connectivity index (χ1v) is 8.34. The molecule has 0 saturated carbocycles. The minimum atomic E-state index is -0.486. The molecule has 1 unspecified atom stereocenters. The quantitative estimate of drug-likeness (QED) is 0.542. The second kappa shape index (κ2) is 6.88. The Kier molecular flexibility index (Phi) is 4.65. The molecule has 0 bridgehead atoms. The Morgan fingerprint density at radius 1 is 1.20 bits per heavy atom. The maximum absolute atomic E-state index is 11.1. The Labute approximate surface area is 145 Å². The number of fused-ring (bicyclic) bond motifs is 1. The predicted molar refractivity (Wildman–Crippen MR) is 96.7 cm³/mol. The highest BCUT2D eigenvalue weighted by molar-refractivity contribution is 5.49. The van der Waals surface area contributed by atoms with Crippen molar-refractivity contribution in [3.05, 3.63) is 63.8 Å². The number of hydrogen-bond donors (Lipinski definition) is 1. The lowest BCUT2D eigenvalue weighted by Crippen LogP contribution is -2.18. The van der Waals surface area contributed by atoms with Crippen LogP contribution in [0.25, 0.3) is 5.65 Å². The molecule has 0 aliphatic carbocycles. The van der Waals surface area contributed by atoms with E-state index in [1.54, 1.807) is 12.1 Å².